The molecule has 0 radical (unpaired) electrons. The minimum atomic E-state index is -0.316. The number of anilines is 3. The van der Waals surface area contributed by atoms with Crippen LogP contribution in [0.1, 0.15) is 29.8 Å². The average molecular weight is 521 g/mol. The molecule has 1 unspecified atom stereocenters. The number of amides is 1. The van der Waals surface area contributed by atoms with Gasteiger partial charge in [-0.25, -0.2) is 4.98 Å². The molecule has 35 heavy (non-hydrogen) atoms. The number of rotatable bonds is 7. The number of ketones is 1. The molecule has 4 aromatic rings. The van der Waals surface area contributed by atoms with Crippen LogP contribution in [0.25, 0.3) is 10.2 Å². The Morgan fingerprint density at radius 3 is 2.46 bits per heavy atom. The van der Waals surface area contributed by atoms with Gasteiger partial charge in [-0.3, -0.25) is 9.59 Å². The van der Waals surface area contributed by atoms with Gasteiger partial charge in [0.05, 0.1) is 15.5 Å². The topological polar surface area (TPSA) is 83.1 Å². The molecule has 3 N–H and O–H groups in total. The van der Waals surface area contributed by atoms with Crippen LogP contribution in [-0.4, -0.2) is 27.0 Å². The quantitative estimate of drug-likeness (QED) is 0.141. The summed E-state index contributed by atoms with van der Waals surface area (Å²) in [4.78, 5) is 29.6. The molecule has 178 valence electrons. The number of aromatic nitrogens is 1. The summed E-state index contributed by atoms with van der Waals surface area (Å²) in [5, 5.41) is 9.92. The number of nitrogens with zero attached hydrogens (tertiary/aromatic N) is 1. The summed E-state index contributed by atoms with van der Waals surface area (Å²) >= 11 is 8.35. The van der Waals surface area contributed by atoms with Crippen LogP contribution >= 0.6 is 35.3 Å². The molecule has 0 saturated heterocycles. The first kappa shape index (κ1) is 24.8. The van der Waals surface area contributed by atoms with Crippen molar-refractivity contribution in [3.8, 4) is 0 Å². The molecule has 0 aliphatic rings. The third-order valence-corrected chi connectivity index (χ3v) is 7.33. The van der Waals surface area contributed by atoms with Gasteiger partial charge >= 0.3 is 0 Å². The third kappa shape index (κ3) is 6.66. The molecule has 4 rings (SSSR count). The Balaban J connectivity index is 1.33. The van der Waals surface area contributed by atoms with E-state index in [1.165, 1.54) is 30.0 Å². The number of hydrogen-bond acceptors (Lipinski definition) is 6. The van der Waals surface area contributed by atoms with Crippen LogP contribution in [0.3, 0.4) is 0 Å². The number of carbonyl (C=O) groups is 2. The van der Waals surface area contributed by atoms with Crippen molar-refractivity contribution in [1.29, 1.82) is 0 Å². The standard InChI is InChI=1S/C26H24N4O2S3/c1-15-7-12-22-23(13-15)35-26(29-22)30-24(32)17(3)34-21-6-4-5-20(14-21)28-25(33)27-19-10-8-18(9-11-19)16(2)31/h4-14,17H,1-3H3,(H2,27,28,33)(H,29,30,32). The molecule has 0 spiro atoms. The largest absolute Gasteiger partial charge is 0.332 e. The number of thioether (sulfide) groups is 1. The van der Waals surface area contributed by atoms with Crippen molar-refractivity contribution in [3.05, 3.63) is 77.9 Å². The van der Waals surface area contributed by atoms with Gasteiger partial charge in [0.2, 0.25) is 5.91 Å². The fourth-order valence-electron chi connectivity index (χ4n) is 3.28. The summed E-state index contributed by atoms with van der Waals surface area (Å²) in [5.74, 6) is -0.0834. The zero-order valence-electron chi connectivity index (χ0n) is 19.4. The van der Waals surface area contributed by atoms with Crippen molar-refractivity contribution in [2.45, 2.75) is 30.9 Å². The molecule has 1 amide bonds. The van der Waals surface area contributed by atoms with E-state index >= 15 is 0 Å². The van der Waals surface area contributed by atoms with Crippen molar-refractivity contribution >= 4 is 78.8 Å². The number of benzene rings is 3. The molecule has 6 nitrogen and oxygen atoms in total. The van der Waals surface area contributed by atoms with Crippen LogP contribution < -0.4 is 16.0 Å². The molecule has 0 fully saturated rings. The molecule has 0 aliphatic heterocycles. The van der Waals surface area contributed by atoms with Gasteiger partial charge in [0, 0.05) is 21.8 Å². The average Bonchev–Trinajstić information content (AvgIpc) is 3.20. The number of thiocarbonyl (C=S) groups is 1. The number of nitrogens with one attached hydrogen (secondary N) is 3. The lowest BCUT2D eigenvalue weighted by molar-refractivity contribution is -0.115. The lowest BCUT2D eigenvalue weighted by Gasteiger charge is -2.13. The summed E-state index contributed by atoms with van der Waals surface area (Å²) < 4.78 is 1.05. The van der Waals surface area contributed by atoms with Crippen molar-refractivity contribution in [3.63, 3.8) is 0 Å². The smallest absolute Gasteiger partial charge is 0.239 e. The van der Waals surface area contributed by atoms with E-state index in [9.17, 15) is 9.59 Å². The molecule has 0 bridgehead atoms. The highest BCUT2D eigenvalue weighted by molar-refractivity contribution is 8.00. The highest BCUT2D eigenvalue weighted by atomic mass is 32.2. The van der Waals surface area contributed by atoms with Gasteiger partial charge in [-0.15, -0.1) is 11.8 Å². The molecule has 3 aromatic carbocycles. The third-order valence-electron chi connectivity index (χ3n) is 5.10. The molecule has 1 heterocycles. The minimum Gasteiger partial charge on any atom is -0.332 e. The monoisotopic (exact) mass is 520 g/mol. The predicted molar refractivity (Wildman–Crippen MR) is 151 cm³/mol. The molecular formula is C26H24N4O2S3. The number of thiazole rings is 1. The van der Waals surface area contributed by atoms with Crippen LogP contribution in [0.2, 0.25) is 0 Å². The van der Waals surface area contributed by atoms with E-state index in [0.717, 1.165) is 32.1 Å². The van der Waals surface area contributed by atoms with E-state index in [4.69, 9.17) is 12.2 Å². The molecule has 1 atom stereocenters. The minimum absolute atomic E-state index is 0.0182. The van der Waals surface area contributed by atoms with Crippen LogP contribution in [-0.2, 0) is 4.79 Å². The van der Waals surface area contributed by atoms with Crippen molar-refractivity contribution in [1.82, 2.24) is 4.98 Å². The second-order valence-corrected chi connectivity index (χ2v) is 10.8. The van der Waals surface area contributed by atoms with E-state index < -0.39 is 0 Å². The van der Waals surface area contributed by atoms with Crippen LogP contribution in [0.4, 0.5) is 16.5 Å². The maximum absolute atomic E-state index is 12.8. The van der Waals surface area contributed by atoms with Crippen LogP contribution in [0.15, 0.2) is 71.6 Å². The second-order valence-electron chi connectivity index (χ2n) is 7.98. The van der Waals surface area contributed by atoms with Crippen LogP contribution in [0, 0.1) is 6.92 Å². The summed E-state index contributed by atoms with van der Waals surface area (Å²) in [5.41, 5.74) is 4.29. The van der Waals surface area contributed by atoms with Gasteiger partial charge < -0.3 is 16.0 Å². The predicted octanol–water partition coefficient (Wildman–Crippen LogP) is 6.74. The fourth-order valence-corrected chi connectivity index (χ4v) is 5.41. The zero-order valence-corrected chi connectivity index (χ0v) is 21.9. The number of fused-ring (bicyclic) bond motifs is 1. The maximum Gasteiger partial charge on any atom is 0.239 e. The second kappa shape index (κ2) is 11.0. The van der Waals surface area contributed by atoms with Crippen molar-refractivity contribution < 1.29 is 9.59 Å². The summed E-state index contributed by atoms with van der Waals surface area (Å²) in [7, 11) is 0. The van der Waals surface area contributed by atoms with Gasteiger partial charge in [0.1, 0.15) is 0 Å². The first-order valence-corrected chi connectivity index (χ1v) is 13.0. The van der Waals surface area contributed by atoms with E-state index in [1.54, 1.807) is 12.1 Å². The Kier molecular flexibility index (Phi) is 7.80. The normalized spacial score (nSPS) is 11.6. The van der Waals surface area contributed by atoms with E-state index in [-0.39, 0.29) is 16.9 Å². The summed E-state index contributed by atoms with van der Waals surface area (Å²) in [6, 6.07) is 20.9. The lowest BCUT2D eigenvalue weighted by atomic mass is 10.1. The Hall–Kier alpha value is -3.27. The molecule has 9 heteroatoms. The SMILES string of the molecule is CC(=O)c1ccc(NC(=S)Nc2cccc(SC(C)C(=O)Nc3nc4ccc(C)cc4s3)c2)cc1. The van der Waals surface area contributed by atoms with Gasteiger partial charge in [-0.05, 0) is 93.1 Å². The zero-order chi connectivity index (χ0) is 24.9. The van der Waals surface area contributed by atoms with Gasteiger partial charge in [-0.2, -0.15) is 0 Å². The van der Waals surface area contributed by atoms with Crippen molar-refractivity contribution in [2.75, 3.05) is 16.0 Å². The number of hydrogen-bond donors (Lipinski definition) is 3. The highest BCUT2D eigenvalue weighted by Crippen LogP contribution is 2.29. The van der Waals surface area contributed by atoms with Crippen LogP contribution in [0.5, 0.6) is 0 Å². The molecule has 1 aromatic heterocycles. The number of aryl methyl sites for hydroxylation is 1. The van der Waals surface area contributed by atoms with Gasteiger partial charge in [0.25, 0.3) is 0 Å². The molecule has 0 aliphatic carbocycles. The first-order chi connectivity index (χ1) is 16.8. The highest BCUT2D eigenvalue weighted by Gasteiger charge is 2.17. The summed E-state index contributed by atoms with van der Waals surface area (Å²) in [6.45, 7) is 5.44. The number of carbonyl (C=O) groups excluding carboxylic acids is 2. The Morgan fingerprint density at radius 2 is 1.71 bits per heavy atom. The van der Waals surface area contributed by atoms with Gasteiger partial charge in [0.15, 0.2) is 16.0 Å². The Morgan fingerprint density at radius 1 is 0.971 bits per heavy atom. The van der Waals surface area contributed by atoms with E-state index in [0.29, 0.717) is 15.8 Å². The molecular weight excluding hydrogens is 497 g/mol. The van der Waals surface area contributed by atoms with Gasteiger partial charge in [-0.1, -0.05) is 23.5 Å². The number of Topliss-reactive ketones (excluding diaryl/α,β-unsaturated/α-hetero) is 1. The Bertz CT molecular complexity index is 1400. The fraction of sp³-hybridized carbons (Fsp3) is 0.154. The summed E-state index contributed by atoms with van der Waals surface area (Å²) in [6.07, 6.45) is 0. The lowest BCUT2D eigenvalue weighted by Crippen LogP contribution is -2.22. The van der Waals surface area contributed by atoms with Crippen molar-refractivity contribution in [2.24, 2.45) is 0 Å². The van der Waals surface area contributed by atoms with E-state index in [1.807, 2.05) is 62.4 Å². The molecule has 0 saturated carbocycles. The van der Waals surface area contributed by atoms with E-state index in [2.05, 4.69) is 27.0 Å². The Labute approximate surface area is 217 Å². The maximum atomic E-state index is 12.8. The first-order valence-electron chi connectivity index (χ1n) is 10.9.